The molecule has 0 saturated carbocycles. The molecular formula is C16H18N4O. The molecule has 3 rings (SSSR count). The van der Waals surface area contributed by atoms with E-state index in [0.717, 1.165) is 28.6 Å². The van der Waals surface area contributed by atoms with Gasteiger partial charge in [-0.15, -0.1) is 0 Å². The summed E-state index contributed by atoms with van der Waals surface area (Å²) in [6, 6.07) is 10.0. The number of nitrogens with zero attached hydrogens (tertiary/aromatic N) is 3. The van der Waals surface area contributed by atoms with E-state index in [0.29, 0.717) is 18.3 Å². The van der Waals surface area contributed by atoms with Crippen LogP contribution in [0.25, 0.3) is 22.4 Å². The normalized spacial score (nSPS) is 12.7. The molecule has 1 unspecified atom stereocenters. The summed E-state index contributed by atoms with van der Waals surface area (Å²) in [5.41, 5.74) is 8.39. The number of nitrogens with two attached hydrogens (primary N) is 1. The molecule has 0 aliphatic heterocycles. The fraction of sp³-hybridized carbons (Fsp3) is 0.312. The van der Waals surface area contributed by atoms with E-state index in [9.17, 15) is 0 Å². The van der Waals surface area contributed by atoms with Gasteiger partial charge in [0, 0.05) is 11.3 Å². The maximum Gasteiger partial charge on any atom is 0.229 e. The van der Waals surface area contributed by atoms with E-state index < -0.39 is 0 Å². The Balaban J connectivity index is 2.01. The molecule has 21 heavy (non-hydrogen) atoms. The van der Waals surface area contributed by atoms with E-state index >= 15 is 0 Å². The van der Waals surface area contributed by atoms with Crippen molar-refractivity contribution in [1.82, 2.24) is 15.1 Å². The Morgan fingerprint density at radius 2 is 2.05 bits per heavy atom. The highest BCUT2D eigenvalue weighted by molar-refractivity contribution is 5.84. The molecule has 0 radical (unpaired) electrons. The van der Waals surface area contributed by atoms with E-state index in [1.165, 1.54) is 0 Å². The van der Waals surface area contributed by atoms with Gasteiger partial charge in [-0.1, -0.05) is 30.3 Å². The number of benzene rings is 1. The zero-order valence-corrected chi connectivity index (χ0v) is 12.2. The molecule has 108 valence electrons. The molecule has 3 aromatic rings. The minimum absolute atomic E-state index is 0.165. The molecular weight excluding hydrogens is 264 g/mol. The second-order valence-corrected chi connectivity index (χ2v) is 5.28. The van der Waals surface area contributed by atoms with E-state index in [1.807, 2.05) is 31.2 Å². The molecule has 5 nitrogen and oxygen atoms in total. The van der Waals surface area contributed by atoms with Crippen LogP contribution in [0.3, 0.4) is 0 Å². The van der Waals surface area contributed by atoms with Crippen LogP contribution in [0.5, 0.6) is 0 Å². The molecule has 0 spiro atoms. The minimum atomic E-state index is 0.165. The molecule has 0 saturated heterocycles. The Morgan fingerprint density at radius 3 is 2.86 bits per heavy atom. The molecule has 0 aliphatic carbocycles. The standard InChI is InChI=1S/C16H18N4O/c1-10(7-8-17)16-19-15(20-21-16)14-9-11(2)12-5-3-4-6-13(12)18-14/h3-6,9-10H,7-8,17H2,1-2H3. The van der Waals surface area contributed by atoms with Crippen LogP contribution < -0.4 is 5.73 Å². The number of pyridine rings is 1. The van der Waals surface area contributed by atoms with Gasteiger partial charge in [-0.25, -0.2) is 4.98 Å². The first kappa shape index (κ1) is 13.7. The van der Waals surface area contributed by atoms with Crippen LogP contribution in [0.1, 0.15) is 30.7 Å². The number of aromatic nitrogens is 3. The summed E-state index contributed by atoms with van der Waals surface area (Å²) in [5.74, 6) is 1.31. The van der Waals surface area contributed by atoms with Gasteiger partial charge in [-0.05, 0) is 37.6 Å². The van der Waals surface area contributed by atoms with Gasteiger partial charge in [-0.3, -0.25) is 0 Å². The lowest BCUT2D eigenvalue weighted by molar-refractivity contribution is 0.355. The smallest absolute Gasteiger partial charge is 0.229 e. The molecule has 5 heteroatoms. The largest absolute Gasteiger partial charge is 0.339 e. The van der Waals surface area contributed by atoms with Crippen molar-refractivity contribution in [3.8, 4) is 11.5 Å². The summed E-state index contributed by atoms with van der Waals surface area (Å²) in [5, 5.41) is 5.19. The van der Waals surface area contributed by atoms with Gasteiger partial charge in [0.05, 0.1) is 5.52 Å². The molecule has 1 atom stereocenters. The number of hydrogen-bond donors (Lipinski definition) is 1. The number of rotatable bonds is 4. The second-order valence-electron chi connectivity index (χ2n) is 5.28. The lowest BCUT2D eigenvalue weighted by Crippen LogP contribution is -2.04. The molecule has 0 fully saturated rings. The molecule has 0 bridgehead atoms. The topological polar surface area (TPSA) is 77.8 Å². The van der Waals surface area contributed by atoms with Crippen LogP contribution in [0.15, 0.2) is 34.9 Å². The van der Waals surface area contributed by atoms with Crippen molar-refractivity contribution in [3.63, 3.8) is 0 Å². The summed E-state index contributed by atoms with van der Waals surface area (Å²) in [4.78, 5) is 9.07. The quantitative estimate of drug-likeness (QED) is 0.795. The highest BCUT2D eigenvalue weighted by atomic mass is 16.5. The van der Waals surface area contributed by atoms with Crippen molar-refractivity contribution in [2.75, 3.05) is 6.54 Å². The van der Waals surface area contributed by atoms with Crippen LogP contribution in [-0.4, -0.2) is 21.7 Å². The summed E-state index contributed by atoms with van der Waals surface area (Å²) in [6.45, 7) is 4.70. The molecule has 0 amide bonds. The summed E-state index contributed by atoms with van der Waals surface area (Å²) in [7, 11) is 0. The van der Waals surface area contributed by atoms with Crippen molar-refractivity contribution in [1.29, 1.82) is 0 Å². The third-order valence-electron chi connectivity index (χ3n) is 3.62. The van der Waals surface area contributed by atoms with Gasteiger partial charge >= 0.3 is 0 Å². The van der Waals surface area contributed by atoms with Crippen LogP contribution in [0.2, 0.25) is 0 Å². The second kappa shape index (κ2) is 5.61. The maximum atomic E-state index is 5.56. The highest BCUT2D eigenvalue weighted by Gasteiger charge is 2.16. The lowest BCUT2D eigenvalue weighted by Gasteiger charge is -2.03. The Bertz CT molecular complexity index is 766. The molecule has 2 N–H and O–H groups in total. The maximum absolute atomic E-state index is 5.56. The SMILES string of the molecule is Cc1cc(-c2noc(C(C)CCN)n2)nc2ccccc12. The van der Waals surface area contributed by atoms with Gasteiger partial charge in [0.15, 0.2) is 0 Å². The summed E-state index contributed by atoms with van der Waals surface area (Å²) in [6.07, 6.45) is 0.825. The predicted molar refractivity (Wildman–Crippen MR) is 81.9 cm³/mol. The van der Waals surface area contributed by atoms with E-state index in [-0.39, 0.29) is 5.92 Å². The predicted octanol–water partition coefficient (Wildman–Crippen LogP) is 3.05. The van der Waals surface area contributed by atoms with Crippen LogP contribution in [0.4, 0.5) is 0 Å². The fourth-order valence-electron chi connectivity index (χ4n) is 2.38. The van der Waals surface area contributed by atoms with Gasteiger partial charge in [0.2, 0.25) is 11.7 Å². The van der Waals surface area contributed by atoms with Gasteiger partial charge in [0.25, 0.3) is 0 Å². The minimum Gasteiger partial charge on any atom is -0.339 e. The molecule has 2 aromatic heterocycles. The highest BCUT2D eigenvalue weighted by Crippen LogP contribution is 2.24. The Labute approximate surface area is 123 Å². The molecule has 2 heterocycles. The molecule has 0 aliphatic rings. The van der Waals surface area contributed by atoms with Crippen LogP contribution in [0, 0.1) is 6.92 Å². The monoisotopic (exact) mass is 282 g/mol. The number of hydrogen-bond acceptors (Lipinski definition) is 5. The Kier molecular flexibility index (Phi) is 3.66. The van der Waals surface area contributed by atoms with E-state index in [4.69, 9.17) is 10.3 Å². The zero-order valence-electron chi connectivity index (χ0n) is 12.2. The average Bonchev–Trinajstić information content (AvgIpc) is 2.97. The fourth-order valence-corrected chi connectivity index (χ4v) is 2.38. The summed E-state index contributed by atoms with van der Waals surface area (Å²) >= 11 is 0. The zero-order chi connectivity index (χ0) is 14.8. The Morgan fingerprint density at radius 1 is 1.24 bits per heavy atom. The Hall–Kier alpha value is -2.27. The number of fused-ring (bicyclic) bond motifs is 1. The molecule has 1 aromatic carbocycles. The van der Waals surface area contributed by atoms with Crippen molar-refractivity contribution in [2.24, 2.45) is 5.73 Å². The van der Waals surface area contributed by atoms with Crippen molar-refractivity contribution in [2.45, 2.75) is 26.2 Å². The van der Waals surface area contributed by atoms with Gasteiger partial charge in [0.1, 0.15) is 5.69 Å². The van der Waals surface area contributed by atoms with Crippen LogP contribution >= 0.6 is 0 Å². The summed E-state index contributed by atoms with van der Waals surface area (Å²) < 4.78 is 5.33. The van der Waals surface area contributed by atoms with Crippen molar-refractivity contribution >= 4 is 10.9 Å². The van der Waals surface area contributed by atoms with Crippen molar-refractivity contribution in [3.05, 3.63) is 41.8 Å². The number of para-hydroxylation sites is 1. The third kappa shape index (κ3) is 2.64. The van der Waals surface area contributed by atoms with Gasteiger partial charge < -0.3 is 10.3 Å². The van der Waals surface area contributed by atoms with E-state index in [2.05, 4.69) is 28.1 Å². The lowest BCUT2D eigenvalue weighted by atomic mass is 10.1. The average molecular weight is 282 g/mol. The van der Waals surface area contributed by atoms with E-state index in [1.54, 1.807) is 0 Å². The first-order chi connectivity index (χ1) is 10.2. The first-order valence-corrected chi connectivity index (χ1v) is 7.09. The van der Waals surface area contributed by atoms with Crippen LogP contribution in [-0.2, 0) is 0 Å². The van der Waals surface area contributed by atoms with Crippen molar-refractivity contribution < 1.29 is 4.52 Å². The number of aryl methyl sites for hydroxylation is 1. The first-order valence-electron chi connectivity index (χ1n) is 7.09. The van der Waals surface area contributed by atoms with Gasteiger partial charge in [-0.2, -0.15) is 4.98 Å². The third-order valence-corrected chi connectivity index (χ3v) is 3.62.